The number of nitrogen functional groups attached to an aromatic ring is 1. The molecule has 0 aromatic carbocycles. The van der Waals surface area contributed by atoms with Gasteiger partial charge in [-0.15, -0.1) is 0 Å². The van der Waals surface area contributed by atoms with Gasteiger partial charge in [-0.1, -0.05) is 0 Å². The van der Waals surface area contributed by atoms with Crippen LogP contribution in [0.5, 0.6) is 0 Å². The SMILES string of the molecule is O.[15NH2][13c]1[15n][13c]2[13c]([15n][13cH][15n]2[13C@H]2[13CH2][13C@H](O)[13C@@H]([13CH2]O)O2)[13c](=O)[15nH]1. The van der Waals surface area contributed by atoms with Gasteiger partial charge in [0.15, 0.2) is 11.2 Å². The normalized spacial score (nSPS) is 25.8. The molecule has 1 fully saturated rings. The molecule has 7 N–H and O–H groups in total. The number of anilines is 1. The Bertz CT molecular complexity index is 668. The van der Waals surface area contributed by atoms with E-state index in [-0.39, 0.29) is 35.6 Å². The number of rotatable bonds is 2. The predicted molar refractivity (Wildman–Crippen MR) is 67.8 cm³/mol. The Morgan fingerprint density at radius 1 is 1.60 bits per heavy atom. The van der Waals surface area contributed by atoms with Gasteiger partial charge in [-0.05, 0) is 0 Å². The number of aromatic amines is 1. The highest BCUT2D eigenvalue weighted by molar-refractivity contribution is 5.70. The molecular weight excluding hydrogens is 285 g/mol. The minimum atomic E-state index is -0.771. The Labute approximate surface area is 112 Å². The van der Waals surface area contributed by atoms with Crippen molar-refractivity contribution in [2.24, 2.45) is 0 Å². The lowest BCUT2D eigenvalue weighted by Crippen LogP contribution is -2.24. The molecule has 110 valence electrons. The summed E-state index contributed by atoms with van der Waals surface area (Å²) in [5, 5.41) is 18.8. The lowest BCUT2D eigenvalue weighted by atomic mass is 11.1. The molecule has 0 amide bonds. The zero-order valence-corrected chi connectivity index (χ0v) is 10.4. The molecule has 10 heteroatoms. The van der Waals surface area contributed by atoms with Gasteiger partial charge >= 0.3 is 0 Å². The number of nitrogens with one attached hydrogen (secondary N) is 1. The van der Waals surface area contributed by atoms with E-state index in [2.05, 4.69) is 15.0 Å². The van der Waals surface area contributed by atoms with Crippen molar-refractivity contribution in [3.05, 3.63) is 16.7 Å². The Morgan fingerprint density at radius 3 is 3.00 bits per heavy atom. The minimum Gasteiger partial charge on any atom is -0.412 e. The summed E-state index contributed by atoms with van der Waals surface area (Å²) in [6, 6.07) is 0. The summed E-state index contributed by atoms with van der Waals surface area (Å²) in [5.41, 5.74) is 5.50. The fourth-order valence-corrected chi connectivity index (χ4v) is 2.20. The van der Waals surface area contributed by atoms with Crippen molar-refractivity contribution in [3.63, 3.8) is 0 Å². The van der Waals surface area contributed by atoms with Gasteiger partial charge in [0, 0.05) is 6.42 Å². The maximum absolute atomic E-state index is 11.6. The first-order valence-corrected chi connectivity index (χ1v) is 5.77. The van der Waals surface area contributed by atoms with Crippen LogP contribution in [0.25, 0.3) is 11.2 Å². The van der Waals surface area contributed by atoms with Gasteiger partial charge in [0.05, 0.1) is 19.0 Å². The van der Waals surface area contributed by atoms with Crippen LogP contribution in [0.3, 0.4) is 0 Å². The molecule has 2 aromatic heterocycles. The van der Waals surface area contributed by atoms with Crippen molar-refractivity contribution in [3.8, 4) is 0 Å². The Morgan fingerprint density at radius 2 is 2.35 bits per heavy atom. The van der Waals surface area contributed by atoms with E-state index in [9.17, 15) is 9.90 Å². The molecule has 3 rings (SSSR count). The second-order valence-corrected chi connectivity index (χ2v) is 4.39. The van der Waals surface area contributed by atoms with Gasteiger partial charge < -0.3 is 26.2 Å². The van der Waals surface area contributed by atoms with Gasteiger partial charge in [0.25, 0.3) is 5.56 Å². The van der Waals surface area contributed by atoms with Gasteiger partial charge in [-0.2, -0.15) is 4.98 Å². The van der Waals surface area contributed by atoms with Crippen molar-refractivity contribution in [2.75, 3.05) is 12.3 Å². The smallest absolute Gasteiger partial charge is 0.280 e. The summed E-state index contributed by atoms with van der Waals surface area (Å²) < 4.78 is 7.01. The number of nitrogens with zero attached hydrogens (tertiary/aromatic N) is 3. The summed E-state index contributed by atoms with van der Waals surface area (Å²) in [7, 11) is 0. The molecule has 3 atom stereocenters. The van der Waals surface area contributed by atoms with Crippen LogP contribution in [0, 0.1) is 0 Å². The second kappa shape index (κ2) is 5.17. The fraction of sp³-hybridized carbons (Fsp3) is 0.500. The lowest BCUT2D eigenvalue weighted by molar-refractivity contribution is -0.0432. The minimum absolute atomic E-state index is 0. The van der Waals surface area contributed by atoms with Crippen LogP contribution in [0.2, 0.25) is 0 Å². The van der Waals surface area contributed by atoms with Crippen LogP contribution in [-0.4, -0.2) is 54.0 Å². The van der Waals surface area contributed by atoms with E-state index in [4.69, 9.17) is 15.6 Å². The largest absolute Gasteiger partial charge is 0.412 e. The van der Waals surface area contributed by atoms with E-state index < -0.39 is 24.0 Å². The second-order valence-electron chi connectivity index (χ2n) is 4.39. The molecule has 0 spiro atoms. The van der Waals surface area contributed by atoms with Gasteiger partial charge in [-0.3, -0.25) is 14.3 Å². The van der Waals surface area contributed by atoms with Crippen LogP contribution in [-0.2, 0) is 4.74 Å². The summed E-state index contributed by atoms with van der Waals surface area (Å²) in [6.45, 7) is -0.277. The third-order valence-electron chi connectivity index (χ3n) is 3.15. The van der Waals surface area contributed by atoms with E-state index in [0.717, 1.165) is 0 Å². The topological polar surface area (TPSA) is 171 Å². The predicted octanol–water partition coefficient (Wildman–Crippen LogP) is -2.48. The molecule has 0 saturated carbocycles. The van der Waals surface area contributed by atoms with Crippen molar-refractivity contribution in [2.45, 2.75) is 24.9 Å². The highest BCUT2D eigenvalue weighted by Crippen LogP contribution is 2.30. The first-order valence-electron chi connectivity index (χ1n) is 5.77. The number of nitrogens with two attached hydrogens (primary N) is 1. The maximum atomic E-state index is 11.6. The zero-order chi connectivity index (χ0) is 13.6. The third kappa shape index (κ3) is 2.14. The van der Waals surface area contributed by atoms with Gasteiger partial charge in [0.1, 0.15) is 12.3 Å². The van der Waals surface area contributed by atoms with E-state index in [1.807, 2.05) is 0 Å². The van der Waals surface area contributed by atoms with Crippen LogP contribution in [0.4, 0.5) is 5.95 Å². The Balaban J connectivity index is 0.00000147. The summed E-state index contributed by atoms with van der Waals surface area (Å²) in [5.74, 6) is -0.0171. The van der Waals surface area contributed by atoms with Crippen LogP contribution in [0.15, 0.2) is 11.1 Å². The average Bonchev–Trinajstić information content (AvgIpc) is 2.92. The molecule has 20 heavy (non-hydrogen) atoms. The van der Waals surface area contributed by atoms with Crippen LogP contribution >= 0.6 is 0 Å². The van der Waals surface area contributed by atoms with Crippen molar-refractivity contribution < 1.29 is 20.4 Å². The highest BCUT2D eigenvalue weighted by atomic mass is 16.8. The Kier molecular flexibility index (Phi) is 3.72. The third-order valence-corrected chi connectivity index (χ3v) is 3.15. The molecule has 3 heterocycles. The molecule has 1 aliphatic rings. The number of hydrogen-bond acceptors (Lipinski definition) is 7. The van der Waals surface area contributed by atoms with Gasteiger partial charge in [-0.25, -0.2) is 4.98 Å². The standard InChI is InChI=1S/C10H13N5O4.H2O/c11-10-13-8-7(9(18)14-10)12-3-15(8)6-1-4(17)5(2-16)19-6;/h3-6,16-17H,1-2H2,(H3,11,13,14,18);1H2/t4-,5+,6+;/m0./s1/i1+1,2+1,3+1,4+1,5+1,6+1,7+1,8+1,9+1,10+1,11+1,12+1,13+1,14+1,15+1;. The molecule has 1 aliphatic heterocycles. The number of ether oxygens (including phenoxy) is 1. The number of hydrogen-bond donors (Lipinski definition) is 4. The Hall–Kier alpha value is -2.01. The van der Waals surface area contributed by atoms with E-state index in [0.29, 0.717) is 0 Å². The lowest BCUT2D eigenvalue weighted by Gasteiger charge is -2.13. The number of imidazole rings is 1. The summed E-state index contributed by atoms with van der Waals surface area (Å²) in [4.78, 5) is 22.0. The molecule has 0 unspecified atom stereocenters. The first kappa shape index (κ1) is 14.4. The first-order chi connectivity index (χ1) is 9.10. The number of H-pyrrole nitrogens is 1. The molecule has 2 aromatic rings. The molecular formula is C10H15N5O5. The summed E-state index contributed by atoms with van der Waals surface area (Å²) in [6.07, 6.45) is -0.270. The van der Waals surface area contributed by atoms with E-state index in [1.54, 1.807) is 0 Å². The summed E-state index contributed by atoms with van der Waals surface area (Å²) >= 11 is 0. The zero-order valence-electron chi connectivity index (χ0n) is 10.4. The number of aliphatic hydroxyl groups is 2. The fourth-order valence-electron chi connectivity index (χ4n) is 2.20. The molecule has 10 nitrogen and oxygen atoms in total. The van der Waals surface area contributed by atoms with Crippen LogP contribution in [0.1, 0.15) is 12.6 Å². The average molecular weight is 300 g/mol. The molecule has 1 saturated heterocycles. The van der Waals surface area contributed by atoms with Crippen LogP contribution < -0.4 is 11.3 Å². The molecule has 0 aliphatic carbocycles. The van der Waals surface area contributed by atoms with E-state index >= 15 is 0 Å². The van der Waals surface area contributed by atoms with E-state index in [1.165, 1.54) is 10.9 Å². The molecule has 0 radical (unpaired) electrons. The number of fused-ring (bicyclic) bond motifs is 1. The van der Waals surface area contributed by atoms with Crippen molar-refractivity contribution >= 4 is 17.1 Å². The maximum Gasteiger partial charge on any atom is 0.280 e. The molecule has 0 bridgehead atoms. The monoisotopic (exact) mass is 300 g/mol. The van der Waals surface area contributed by atoms with Gasteiger partial charge in [0.2, 0.25) is 5.95 Å². The van der Waals surface area contributed by atoms with Crippen molar-refractivity contribution in [1.29, 1.82) is 0 Å². The highest BCUT2D eigenvalue weighted by Gasteiger charge is 2.35. The number of aliphatic hydroxyl groups excluding tert-OH is 2. The van der Waals surface area contributed by atoms with Crippen molar-refractivity contribution in [1.82, 2.24) is 19.5 Å². The number of aromatic nitrogens is 4. The quantitative estimate of drug-likeness (QED) is 0.351.